The number of halogens is 1. The van der Waals surface area contributed by atoms with Gasteiger partial charge in [0.2, 0.25) is 0 Å². The van der Waals surface area contributed by atoms with Gasteiger partial charge in [-0.05, 0) is 49.4 Å². The Labute approximate surface area is 267 Å². The van der Waals surface area contributed by atoms with E-state index in [1.807, 2.05) is 6.92 Å². The first-order chi connectivity index (χ1) is 17.7. The molecule has 12 heteroatoms. The molecule has 0 aliphatic heterocycles. The van der Waals surface area contributed by atoms with E-state index in [4.69, 9.17) is 21.1 Å². The Morgan fingerprint density at radius 3 is 2.55 bits per heavy atom. The van der Waals surface area contributed by atoms with E-state index in [0.717, 1.165) is 0 Å². The number of benzene rings is 2. The van der Waals surface area contributed by atoms with Crippen LogP contribution in [0.15, 0.2) is 65.8 Å². The Morgan fingerprint density at radius 1 is 1.08 bits per heavy atom. The van der Waals surface area contributed by atoms with E-state index in [9.17, 15) is 18.3 Å². The van der Waals surface area contributed by atoms with Gasteiger partial charge in [-0.1, -0.05) is 23.4 Å². The maximum absolute atomic E-state index is 13.4. The molecule has 0 amide bonds. The number of nitrogens with zero attached hydrogens (tertiary/aromatic N) is 2. The zero-order valence-electron chi connectivity index (χ0n) is 20.6. The molecule has 0 bridgehead atoms. The molecule has 0 radical (unpaired) electrons. The van der Waals surface area contributed by atoms with Crippen molar-refractivity contribution >= 4 is 44.2 Å². The first-order valence-electron chi connectivity index (χ1n) is 10.8. The number of pyridine rings is 2. The maximum atomic E-state index is 13.4. The molecule has 9 nitrogen and oxygen atoms in total. The number of carbonyl (C=O) groups is 1. The van der Waals surface area contributed by atoms with Crippen LogP contribution in [0.2, 0.25) is 5.02 Å². The number of ether oxygens (including phenoxy) is 2. The van der Waals surface area contributed by atoms with Crippen LogP contribution in [0.5, 0.6) is 11.5 Å². The third-order valence-electron chi connectivity index (χ3n) is 5.13. The first kappa shape index (κ1) is 29.9. The van der Waals surface area contributed by atoms with E-state index in [1.165, 1.54) is 49.8 Å². The SMILES string of the molecule is CCOc1ccc(S(=O)(=O)Nc2ccc(Cl)cc2C#Cc2cnc(C(=O)[O-])cc2OC)c2ncccc12.[K+]. The summed E-state index contributed by atoms with van der Waals surface area (Å²) in [5.41, 5.74) is 0.669. The van der Waals surface area contributed by atoms with Crippen LogP contribution < -0.4 is 70.7 Å². The number of rotatable bonds is 7. The van der Waals surface area contributed by atoms with Gasteiger partial charge in [-0.2, -0.15) is 0 Å². The second kappa shape index (κ2) is 12.9. The van der Waals surface area contributed by atoms with Crippen molar-refractivity contribution in [1.29, 1.82) is 0 Å². The normalized spacial score (nSPS) is 10.6. The number of aromatic carboxylic acids is 1. The van der Waals surface area contributed by atoms with E-state index >= 15 is 0 Å². The monoisotopic (exact) mass is 575 g/mol. The Bertz CT molecular complexity index is 1690. The molecule has 0 aliphatic carbocycles. The van der Waals surface area contributed by atoms with Gasteiger partial charge < -0.3 is 19.4 Å². The van der Waals surface area contributed by atoms with Crippen molar-refractivity contribution in [3.8, 4) is 23.3 Å². The van der Waals surface area contributed by atoms with Gasteiger partial charge in [-0.25, -0.2) is 8.42 Å². The predicted octanol–water partition coefficient (Wildman–Crippen LogP) is 0.259. The summed E-state index contributed by atoms with van der Waals surface area (Å²) in [5.74, 6) is 4.90. The zero-order chi connectivity index (χ0) is 26.6. The Hall–Kier alpha value is -2.69. The summed E-state index contributed by atoms with van der Waals surface area (Å²) in [6.45, 7) is 2.25. The van der Waals surface area contributed by atoms with E-state index in [0.29, 0.717) is 22.8 Å². The number of sulfonamides is 1. The second-order valence-corrected chi connectivity index (χ2v) is 9.58. The number of anilines is 1. The molecule has 0 fully saturated rings. The van der Waals surface area contributed by atoms with Gasteiger partial charge in [0.1, 0.15) is 16.4 Å². The number of carboxylic acid groups (broad SMARTS) is 1. The Balaban J connectivity index is 0.00000400. The largest absolute Gasteiger partial charge is 1.00 e. The number of carbonyl (C=O) groups excluding carboxylic acids is 1. The van der Waals surface area contributed by atoms with E-state index in [1.54, 1.807) is 18.2 Å². The summed E-state index contributed by atoms with van der Waals surface area (Å²) in [4.78, 5) is 19.1. The Kier molecular flexibility index (Phi) is 10.1. The molecule has 1 N–H and O–H groups in total. The third-order valence-corrected chi connectivity index (χ3v) is 6.77. The fraction of sp³-hybridized carbons (Fsp3) is 0.115. The van der Waals surface area contributed by atoms with Crippen molar-refractivity contribution in [2.24, 2.45) is 0 Å². The van der Waals surface area contributed by atoms with Crippen molar-refractivity contribution in [3.05, 3.63) is 82.8 Å². The number of methoxy groups -OCH3 is 1. The van der Waals surface area contributed by atoms with Crippen molar-refractivity contribution in [2.75, 3.05) is 18.4 Å². The zero-order valence-corrected chi connectivity index (χ0v) is 25.3. The summed E-state index contributed by atoms with van der Waals surface area (Å²) >= 11 is 6.15. The van der Waals surface area contributed by atoms with Crippen LogP contribution in [-0.2, 0) is 10.0 Å². The molecule has 4 rings (SSSR count). The molecule has 4 aromatic rings. The molecule has 188 valence electrons. The minimum Gasteiger partial charge on any atom is -0.543 e. The predicted molar refractivity (Wildman–Crippen MR) is 136 cm³/mol. The molecule has 2 aromatic carbocycles. The summed E-state index contributed by atoms with van der Waals surface area (Å²) in [5, 5.41) is 12.0. The number of fused-ring (bicyclic) bond motifs is 1. The molecule has 0 atom stereocenters. The topological polar surface area (TPSA) is 131 Å². The summed E-state index contributed by atoms with van der Waals surface area (Å²) in [7, 11) is -2.75. The van der Waals surface area contributed by atoms with Crippen molar-refractivity contribution in [3.63, 3.8) is 0 Å². The quantitative estimate of drug-likeness (QED) is 0.245. The van der Waals surface area contributed by atoms with Crippen LogP contribution in [0, 0.1) is 11.8 Å². The first-order valence-corrected chi connectivity index (χ1v) is 12.7. The molecule has 2 aromatic heterocycles. The molecule has 0 saturated heterocycles. The van der Waals surface area contributed by atoms with Gasteiger partial charge in [0, 0.05) is 28.9 Å². The van der Waals surface area contributed by atoms with E-state index in [2.05, 4.69) is 26.5 Å². The molecule has 0 saturated carbocycles. The average molecular weight is 576 g/mol. The number of nitrogens with one attached hydrogen (secondary N) is 1. The smallest absolute Gasteiger partial charge is 0.543 e. The number of carboxylic acids is 1. The molecule has 2 heterocycles. The van der Waals surface area contributed by atoms with Crippen molar-refractivity contribution < 1.29 is 79.2 Å². The minimum atomic E-state index is -4.11. The van der Waals surface area contributed by atoms with Crippen LogP contribution in [0.25, 0.3) is 10.9 Å². The maximum Gasteiger partial charge on any atom is 1.00 e. The molecular formula is C26H19ClKN3O6S. The summed E-state index contributed by atoms with van der Waals surface area (Å²) in [6.07, 6.45) is 2.73. The third kappa shape index (κ3) is 6.65. The van der Waals surface area contributed by atoms with Crippen LogP contribution in [0.3, 0.4) is 0 Å². The number of hydrogen-bond donors (Lipinski definition) is 1. The van der Waals surface area contributed by atoms with Gasteiger partial charge in [0.15, 0.2) is 0 Å². The Morgan fingerprint density at radius 2 is 1.84 bits per heavy atom. The molecule has 0 spiro atoms. The minimum absolute atomic E-state index is 0. The second-order valence-electron chi connectivity index (χ2n) is 7.50. The molecular weight excluding hydrogens is 557 g/mol. The van der Waals surface area contributed by atoms with Gasteiger partial charge in [0.25, 0.3) is 10.0 Å². The fourth-order valence-corrected chi connectivity index (χ4v) is 4.89. The van der Waals surface area contributed by atoms with E-state index in [-0.39, 0.29) is 90.1 Å². The van der Waals surface area contributed by atoms with Crippen LogP contribution in [0.1, 0.15) is 28.5 Å². The summed E-state index contributed by atoms with van der Waals surface area (Å²) < 4.78 is 40.2. The molecule has 0 aliphatic rings. The van der Waals surface area contributed by atoms with Gasteiger partial charge in [-0.15, -0.1) is 0 Å². The van der Waals surface area contributed by atoms with Gasteiger partial charge in [0.05, 0.1) is 47.7 Å². The number of aromatic nitrogens is 2. The van der Waals surface area contributed by atoms with Crippen molar-refractivity contribution in [2.45, 2.75) is 11.8 Å². The van der Waals surface area contributed by atoms with E-state index < -0.39 is 16.0 Å². The van der Waals surface area contributed by atoms with Crippen LogP contribution in [-0.4, -0.2) is 38.1 Å². The fourth-order valence-electron chi connectivity index (χ4n) is 3.47. The molecule has 0 unspecified atom stereocenters. The van der Waals surface area contributed by atoms with Crippen LogP contribution in [0.4, 0.5) is 5.69 Å². The average Bonchev–Trinajstić information content (AvgIpc) is 2.88. The van der Waals surface area contributed by atoms with Crippen molar-refractivity contribution in [1.82, 2.24) is 9.97 Å². The summed E-state index contributed by atoms with van der Waals surface area (Å²) in [6, 6.07) is 12.1. The standard InChI is InChI=1S/C26H20ClN3O6S.K/c1-3-36-22-10-11-24(25-19(22)5-4-12-28-25)37(33,34)30-20-9-8-18(27)13-16(20)6-7-17-15-29-21(26(31)32)14-23(17)35-2;/h4-5,8-15,30H,3H2,1-2H3,(H,31,32);/q;+1/p-1. The van der Waals surface area contributed by atoms with Gasteiger partial charge >= 0.3 is 51.4 Å². The van der Waals surface area contributed by atoms with Gasteiger partial charge in [-0.3, -0.25) is 14.7 Å². The number of hydrogen-bond acceptors (Lipinski definition) is 8. The van der Waals surface area contributed by atoms with Crippen LogP contribution >= 0.6 is 11.6 Å². The molecule has 38 heavy (non-hydrogen) atoms.